The van der Waals surface area contributed by atoms with E-state index in [1.807, 2.05) is 0 Å². The maximum atomic E-state index is 11.8. The highest BCUT2D eigenvalue weighted by atomic mass is 79.9. The molecule has 0 spiro atoms. The second kappa shape index (κ2) is 7.30. The summed E-state index contributed by atoms with van der Waals surface area (Å²) in [7, 11) is 0. The number of anilines is 2. The number of alkyl halides is 2. The van der Waals surface area contributed by atoms with Crippen molar-refractivity contribution in [3.8, 4) is 0 Å². The summed E-state index contributed by atoms with van der Waals surface area (Å²) in [6.07, 6.45) is -1.13. The number of aromatic nitrogens is 2. The number of hydrogen-bond acceptors (Lipinski definition) is 6. The molecule has 4 N–H and O–H groups in total. The molecule has 0 aromatic carbocycles. The number of halogens is 3. The van der Waals surface area contributed by atoms with Crippen LogP contribution in [0.15, 0.2) is 10.8 Å². The van der Waals surface area contributed by atoms with Gasteiger partial charge in [-0.15, -0.1) is 0 Å². The molecule has 1 aromatic rings. The molecule has 0 aliphatic heterocycles. The number of nitrogen functional groups attached to an aromatic ring is 1. The van der Waals surface area contributed by atoms with E-state index in [0.29, 0.717) is 22.7 Å². The quantitative estimate of drug-likeness (QED) is 0.399. The summed E-state index contributed by atoms with van der Waals surface area (Å²) in [6, 6.07) is 0. The molecule has 1 rings (SSSR count). The Morgan fingerprint density at radius 1 is 1.41 bits per heavy atom. The largest absolute Gasteiger partial charge is 0.374 e. The lowest BCUT2D eigenvalue weighted by Crippen LogP contribution is -2.15. The fourth-order valence-electron chi connectivity index (χ4n) is 1.01. The first-order chi connectivity index (χ1) is 8.15. The van der Waals surface area contributed by atoms with Gasteiger partial charge in [-0.05, 0) is 15.9 Å². The molecule has 0 radical (unpaired) electrons. The zero-order chi connectivity index (χ0) is 12.7. The van der Waals surface area contributed by atoms with Crippen LogP contribution in [0.5, 0.6) is 0 Å². The van der Waals surface area contributed by atoms with E-state index in [1.165, 1.54) is 6.33 Å². The Morgan fingerprint density at radius 2 is 2.12 bits per heavy atom. The van der Waals surface area contributed by atoms with E-state index in [4.69, 9.17) is 10.6 Å². The van der Waals surface area contributed by atoms with E-state index >= 15 is 0 Å². The summed E-state index contributed by atoms with van der Waals surface area (Å²) in [6.45, 7) is -0.0548. The van der Waals surface area contributed by atoms with Gasteiger partial charge < -0.3 is 15.5 Å². The second-order valence-electron chi connectivity index (χ2n) is 2.92. The lowest BCUT2D eigenvalue weighted by molar-refractivity contribution is 0.0215. The minimum absolute atomic E-state index is 0.159. The first kappa shape index (κ1) is 14.0. The summed E-state index contributed by atoms with van der Waals surface area (Å²) in [5.74, 6) is 6.16. The minimum Gasteiger partial charge on any atom is -0.374 e. The van der Waals surface area contributed by atoms with Crippen molar-refractivity contribution >= 4 is 27.6 Å². The molecule has 0 fully saturated rings. The number of nitrogens with one attached hydrogen (secondary N) is 2. The highest BCUT2D eigenvalue weighted by molar-refractivity contribution is 9.10. The summed E-state index contributed by atoms with van der Waals surface area (Å²) in [4.78, 5) is 7.81. The Labute approximate surface area is 105 Å². The van der Waals surface area contributed by atoms with Gasteiger partial charge in [-0.25, -0.2) is 24.6 Å². The summed E-state index contributed by atoms with van der Waals surface area (Å²) in [5, 5.41) is 2.90. The van der Waals surface area contributed by atoms with E-state index in [0.717, 1.165) is 0 Å². The lowest BCUT2D eigenvalue weighted by Gasteiger charge is -2.09. The van der Waals surface area contributed by atoms with E-state index in [2.05, 4.69) is 36.6 Å². The fourth-order valence-corrected chi connectivity index (χ4v) is 1.47. The van der Waals surface area contributed by atoms with Crippen LogP contribution < -0.4 is 16.6 Å². The molecule has 96 valence electrons. The van der Waals surface area contributed by atoms with Gasteiger partial charge in [0.05, 0.1) is 6.61 Å². The maximum absolute atomic E-state index is 11.8. The molecule has 0 amide bonds. The van der Waals surface area contributed by atoms with Gasteiger partial charge >= 0.3 is 0 Å². The number of rotatable bonds is 7. The standard InChI is InChI=1S/C8H12BrF2N5O/c9-6-7(14-4-15-8(6)16-12)13-1-2-17-3-5(10)11/h4-5H,1-3,12H2,(H2,13,14,15,16). The smallest absolute Gasteiger partial charge is 0.261 e. The van der Waals surface area contributed by atoms with Gasteiger partial charge in [0.1, 0.15) is 23.2 Å². The van der Waals surface area contributed by atoms with Crippen LogP contribution in [0.25, 0.3) is 0 Å². The molecular formula is C8H12BrF2N5O. The van der Waals surface area contributed by atoms with E-state index in [9.17, 15) is 8.78 Å². The van der Waals surface area contributed by atoms with Crippen molar-refractivity contribution in [3.63, 3.8) is 0 Å². The topological polar surface area (TPSA) is 85.1 Å². The Balaban J connectivity index is 2.36. The SMILES string of the molecule is NNc1ncnc(NCCOCC(F)F)c1Br. The second-order valence-corrected chi connectivity index (χ2v) is 3.71. The van der Waals surface area contributed by atoms with E-state index < -0.39 is 13.0 Å². The first-order valence-corrected chi connectivity index (χ1v) is 5.51. The normalized spacial score (nSPS) is 10.6. The van der Waals surface area contributed by atoms with Crippen LogP contribution >= 0.6 is 15.9 Å². The van der Waals surface area contributed by atoms with Crippen molar-refractivity contribution in [2.24, 2.45) is 5.84 Å². The van der Waals surface area contributed by atoms with Crippen molar-refractivity contribution in [1.82, 2.24) is 9.97 Å². The third kappa shape index (κ3) is 4.75. The van der Waals surface area contributed by atoms with Crippen molar-refractivity contribution in [2.45, 2.75) is 6.43 Å². The Kier molecular flexibility index (Phi) is 6.01. The van der Waals surface area contributed by atoms with Crippen molar-refractivity contribution in [2.75, 3.05) is 30.5 Å². The van der Waals surface area contributed by atoms with Crippen molar-refractivity contribution in [3.05, 3.63) is 10.8 Å². The molecule has 0 unspecified atom stereocenters. The summed E-state index contributed by atoms with van der Waals surface area (Å²) >= 11 is 3.24. The Hall–Kier alpha value is -1.06. The zero-order valence-electron chi connectivity index (χ0n) is 8.79. The third-order valence-electron chi connectivity index (χ3n) is 1.71. The first-order valence-electron chi connectivity index (χ1n) is 4.72. The molecule has 0 saturated heterocycles. The number of ether oxygens (including phenoxy) is 1. The number of hydrogen-bond donors (Lipinski definition) is 3. The molecule has 1 aromatic heterocycles. The molecule has 0 aliphatic rings. The predicted octanol–water partition coefficient (Wildman–Crippen LogP) is 1.22. The molecular weight excluding hydrogens is 300 g/mol. The fraction of sp³-hybridized carbons (Fsp3) is 0.500. The molecule has 1 heterocycles. The zero-order valence-corrected chi connectivity index (χ0v) is 10.4. The minimum atomic E-state index is -2.45. The van der Waals surface area contributed by atoms with Gasteiger partial charge in [-0.1, -0.05) is 0 Å². The van der Waals surface area contributed by atoms with Gasteiger partial charge in [0, 0.05) is 6.54 Å². The maximum Gasteiger partial charge on any atom is 0.261 e. The van der Waals surface area contributed by atoms with E-state index in [1.54, 1.807) is 0 Å². The highest BCUT2D eigenvalue weighted by Gasteiger charge is 2.07. The van der Waals surface area contributed by atoms with Crippen LogP contribution in [-0.2, 0) is 4.74 Å². The number of hydrazine groups is 1. The molecule has 17 heavy (non-hydrogen) atoms. The van der Waals surface area contributed by atoms with Crippen LogP contribution in [0, 0.1) is 0 Å². The Bertz CT molecular complexity index is 355. The van der Waals surface area contributed by atoms with E-state index in [-0.39, 0.29) is 6.61 Å². The van der Waals surface area contributed by atoms with Crippen LogP contribution in [0.4, 0.5) is 20.4 Å². The number of nitrogens with two attached hydrogens (primary N) is 1. The highest BCUT2D eigenvalue weighted by Crippen LogP contribution is 2.25. The molecule has 0 atom stereocenters. The summed E-state index contributed by atoms with van der Waals surface area (Å²) < 4.78 is 28.8. The average Bonchev–Trinajstić information content (AvgIpc) is 2.30. The molecule has 6 nitrogen and oxygen atoms in total. The van der Waals surface area contributed by atoms with Gasteiger partial charge in [0.15, 0.2) is 5.82 Å². The van der Waals surface area contributed by atoms with Crippen LogP contribution in [0.2, 0.25) is 0 Å². The van der Waals surface area contributed by atoms with Crippen LogP contribution in [0.3, 0.4) is 0 Å². The van der Waals surface area contributed by atoms with Crippen LogP contribution in [-0.4, -0.2) is 36.2 Å². The molecule has 0 aliphatic carbocycles. The number of nitrogens with zero attached hydrogens (tertiary/aromatic N) is 2. The van der Waals surface area contributed by atoms with Crippen molar-refractivity contribution < 1.29 is 13.5 Å². The van der Waals surface area contributed by atoms with Gasteiger partial charge in [0.2, 0.25) is 0 Å². The Morgan fingerprint density at radius 3 is 2.76 bits per heavy atom. The average molecular weight is 312 g/mol. The van der Waals surface area contributed by atoms with Crippen molar-refractivity contribution in [1.29, 1.82) is 0 Å². The lowest BCUT2D eigenvalue weighted by atomic mass is 10.5. The van der Waals surface area contributed by atoms with Gasteiger partial charge in [0.25, 0.3) is 6.43 Å². The van der Waals surface area contributed by atoms with Crippen LogP contribution in [0.1, 0.15) is 0 Å². The molecule has 0 bridgehead atoms. The molecule has 9 heteroatoms. The van der Waals surface area contributed by atoms with Gasteiger partial charge in [-0.2, -0.15) is 0 Å². The summed E-state index contributed by atoms with van der Waals surface area (Å²) in [5.41, 5.74) is 2.38. The third-order valence-corrected chi connectivity index (χ3v) is 2.46. The predicted molar refractivity (Wildman–Crippen MR) is 62.9 cm³/mol. The van der Waals surface area contributed by atoms with Gasteiger partial charge in [-0.3, -0.25) is 0 Å². The molecule has 0 saturated carbocycles. The monoisotopic (exact) mass is 311 g/mol.